The Morgan fingerprint density at radius 3 is 2.36 bits per heavy atom. The molecule has 7 heteroatoms. The Kier molecular flexibility index (Phi) is 7.58. The van der Waals surface area contributed by atoms with E-state index < -0.39 is 18.5 Å². The number of anilines is 1. The molecule has 1 N–H and O–H groups in total. The highest BCUT2D eigenvalue weighted by atomic mass is 35.5. The molecule has 0 atom stereocenters. The van der Waals surface area contributed by atoms with E-state index >= 15 is 0 Å². The van der Waals surface area contributed by atoms with Gasteiger partial charge in [0.15, 0.2) is 12.4 Å². The fraction of sp³-hybridized carbons (Fsp3) is 0.286. The van der Waals surface area contributed by atoms with Crippen LogP contribution >= 0.6 is 11.6 Å². The zero-order valence-electron chi connectivity index (χ0n) is 16.0. The van der Waals surface area contributed by atoms with Crippen molar-refractivity contribution in [2.75, 3.05) is 18.5 Å². The number of aryl methyl sites for hydroxylation is 2. The fourth-order valence-electron chi connectivity index (χ4n) is 2.51. The van der Waals surface area contributed by atoms with Crippen LogP contribution in [-0.2, 0) is 14.3 Å². The van der Waals surface area contributed by atoms with Crippen molar-refractivity contribution in [1.82, 2.24) is 0 Å². The van der Waals surface area contributed by atoms with Crippen LogP contribution in [0.4, 0.5) is 5.69 Å². The van der Waals surface area contributed by atoms with Crippen LogP contribution in [0.1, 0.15) is 34.8 Å². The predicted molar refractivity (Wildman–Crippen MR) is 107 cm³/mol. The van der Waals surface area contributed by atoms with Crippen LogP contribution in [0.25, 0.3) is 0 Å². The SMILES string of the molecule is CC(=O)c1ccc(OCCC(=O)OCC(=O)Nc2c(C)cc(C)cc2Cl)cc1. The fourth-order valence-corrected chi connectivity index (χ4v) is 2.87. The van der Waals surface area contributed by atoms with Gasteiger partial charge in [0.2, 0.25) is 0 Å². The van der Waals surface area contributed by atoms with Gasteiger partial charge in [-0.15, -0.1) is 0 Å². The number of ether oxygens (including phenoxy) is 2. The number of ketones is 1. The maximum absolute atomic E-state index is 12.0. The van der Waals surface area contributed by atoms with E-state index in [2.05, 4.69) is 5.32 Å². The third-order valence-corrected chi connectivity index (χ3v) is 4.19. The Bertz CT molecular complexity index is 854. The molecule has 148 valence electrons. The Morgan fingerprint density at radius 2 is 1.75 bits per heavy atom. The minimum Gasteiger partial charge on any atom is -0.493 e. The summed E-state index contributed by atoms with van der Waals surface area (Å²) >= 11 is 6.14. The first-order chi connectivity index (χ1) is 13.3. The third kappa shape index (κ3) is 6.39. The first-order valence-corrected chi connectivity index (χ1v) is 9.10. The van der Waals surface area contributed by atoms with Crippen molar-refractivity contribution in [1.29, 1.82) is 0 Å². The lowest BCUT2D eigenvalue weighted by Crippen LogP contribution is -2.22. The molecule has 0 aliphatic carbocycles. The molecule has 0 fully saturated rings. The second-order valence-electron chi connectivity index (χ2n) is 6.33. The van der Waals surface area contributed by atoms with Gasteiger partial charge in [0, 0.05) is 5.56 Å². The van der Waals surface area contributed by atoms with Crippen molar-refractivity contribution < 1.29 is 23.9 Å². The Balaban J connectivity index is 1.73. The highest BCUT2D eigenvalue weighted by Crippen LogP contribution is 2.27. The van der Waals surface area contributed by atoms with Gasteiger partial charge in [0.1, 0.15) is 5.75 Å². The number of carbonyl (C=O) groups is 3. The van der Waals surface area contributed by atoms with Crippen molar-refractivity contribution in [3.05, 3.63) is 58.1 Å². The van der Waals surface area contributed by atoms with E-state index in [1.165, 1.54) is 6.92 Å². The van der Waals surface area contributed by atoms with Gasteiger partial charge in [-0.1, -0.05) is 17.7 Å². The standard InChI is InChI=1S/C21H22ClNO5/c1-13-10-14(2)21(18(22)11-13)23-19(25)12-28-20(26)8-9-27-17-6-4-16(5-7-17)15(3)24/h4-7,10-11H,8-9,12H2,1-3H3,(H,23,25). The number of hydrogen-bond acceptors (Lipinski definition) is 5. The van der Waals surface area contributed by atoms with E-state index in [1.54, 1.807) is 30.3 Å². The van der Waals surface area contributed by atoms with E-state index in [9.17, 15) is 14.4 Å². The van der Waals surface area contributed by atoms with Gasteiger partial charge >= 0.3 is 5.97 Å². The Morgan fingerprint density at radius 1 is 1.07 bits per heavy atom. The molecule has 2 rings (SSSR count). The number of carbonyl (C=O) groups excluding carboxylic acids is 3. The van der Waals surface area contributed by atoms with E-state index in [-0.39, 0.29) is 18.8 Å². The summed E-state index contributed by atoms with van der Waals surface area (Å²) in [5.41, 5.74) is 2.91. The number of esters is 1. The quantitative estimate of drug-likeness (QED) is 0.529. The molecule has 28 heavy (non-hydrogen) atoms. The zero-order valence-corrected chi connectivity index (χ0v) is 16.8. The van der Waals surface area contributed by atoms with Crippen molar-refractivity contribution >= 4 is 34.9 Å². The van der Waals surface area contributed by atoms with Gasteiger partial charge in [0.25, 0.3) is 5.91 Å². The van der Waals surface area contributed by atoms with Crippen LogP contribution < -0.4 is 10.1 Å². The van der Waals surface area contributed by atoms with Gasteiger partial charge < -0.3 is 14.8 Å². The van der Waals surface area contributed by atoms with Crippen LogP contribution in [0, 0.1) is 13.8 Å². The van der Waals surface area contributed by atoms with Crippen molar-refractivity contribution in [3.8, 4) is 5.75 Å². The molecule has 2 aromatic rings. The van der Waals surface area contributed by atoms with E-state index in [0.717, 1.165) is 11.1 Å². The molecule has 2 aromatic carbocycles. The highest BCUT2D eigenvalue weighted by Gasteiger charge is 2.12. The molecule has 0 unspecified atom stereocenters. The maximum atomic E-state index is 12.0. The van der Waals surface area contributed by atoms with E-state index in [4.69, 9.17) is 21.1 Å². The van der Waals surface area contributed by atoms with Gasteiger partial charge in [-0.2, -0.15) is 0 Å². The minimum absolute atomic E-state index is 0.00788. The van der Waals surface area contributed by atoms with E-state index in [1.807, 2.05) is 19.9 Å². The lowest BCUT2D eigenvalue weighted by molar-refractivity contribution is -0.147. The topological polar surface area (TPSA) is 81.7 Å². The summed E-state index contributed by atoms with van der Waals surface area (Å²) < 4.78 is 10.4. The summed E-state index contributed by atoms with van der Waals surface area (Å²) in [6.07, 6.45) is -0.00788. The summed E-state index contributed by atoms with van der Waals surface area (Å²) in [5, 5.41) is 3.08. The normalized spacial score (nSPS) is 10.3. The molecule has 1 amide bonds. The molecule has 0 bridgehead atoms. The maximum Gasteiger partial charge on any atom is 0.309 e. The molecule has 0 radical (unpaired) electrons. The summed E-state index contributed by atoms with van der Waals surface area (Å²) in [6.45, 7) is 4.92. The number of halogens is 1. The number of benzene rings is 2. The van der Waals surface area contributed by atoms with Crippen LogP contribution in [0.5, 0.6) is 5.75 Å². The molecule has 0 spiro atoms. The number of Topliss-reactive ketones (excluding diaryl/α,β-unsaturated/α-hetero) is 1. The monoisotopic (exact) mass is 403 g/mol. The molecule has 0 aliphatic rings. The third-order valence-electron chi connectivity index (χ3n) is 3.90. The summed E-state index contributed by atoms with van der Waals surface area (Å²) in [6, 6.07) is 10.3. The summed E-state index contributed by atoms with van der Waals surface area (Å²) in [7, 11) is 0. The average molecular weight is 404 g/mol. The lowest BCUT2D eigenvalue weighted by Gasteiger charge is -2.12. The number of amides is 1. The Labute approximate surface area is 168 Å². The summed E-state index contributed by atoms with van der Waals surface area (Å²) in [5.74, 6) is -0.513. The lowest BCUT2D eigenvalue weighted by atomic mass is 10.1. The molecule has 0 aromatic heterocycles. The number of hydrogen-bond donors (Lipinski definition) is 1. The van der Waals surface area contributed by atoms with Gasteiger partial charge in [-0.3, -0.25) is 14.4 Å². The van der Waals surface area contributed by atoms with Crippen LogP contribution in [-0.4, -0.2) is 30.9 Å². The second kappa shape index (κ2) is 9.90. The van der Waals surface area contributed by atoms with Crippen LogP contribution in [0.2, 0.25) is 5.02 Å². The van der Waals surface area contributed by atoms with Crippen molar-refractivity contribution in [2.45, 2.75) is 27.2 Å². The van der Waals surface area contributed by atoms with Gasteiger partial charge in [-0.05, 0) is 62.2 Å². The average Bonchev–Trinajstić information content (AvgIpc) is 2.63. The van der Waals surface area contributed by atoms with Crippen LogP contribution in [0.3, 0.4) is 0 Å². The van der Waals surface area contributed by atoms with Crippen molar-refractivity contribution in [3.63, 3.8) is 0 Å². The molecular formula is C21H22ClNO5. The smallest absolute Gasteiger partial charge is 0.309 e. The Hall–Kier alpha value is -2.86. The summed E-state index contributed by atoms with van der Waals surface area (Å²) in [4.78, 5) is 35.0. The second-order valence-corrected chi connectivity index (χ2v) is 6.73. The van der Waals surface area contributed by atoms with Gasteiger partial charge in [-0.25, -0.2) is 0 Å². The molecule has 0 saturated carbocycles. The molecule has 0 heterocycles. The van der Waals surface area contributed by atoms with E-state index in [0.29, 0.717) is 22.0 Å². The van der Waals surface area contributed by atoms with Crippen molar-refractivity contribution in [2.24, 2.45) is 0 Å². The van der Waals surface area contributed by atoms with Crippen LogP contribution in [0.15, 0.2) is 36.4 Å². The minimum atomic E-state index is -0.553. The zero-order chi connectivity index (χ0) is 20.7. The first kappa shape index (κ1) is 21.4. The van der Waals surface area contributed by atoms with Gasteiger partial charge in [0.05, 0.1) is 23.7 Å². The molecular weight excluding hydrogens is 382 g/mol. The number of nitrogens with one attached hydrogen (secondary N) is 1. The molecule has 0 aliphatic heterocycles. The largest absolute Gasteiger partial charge is 0.493 e. The molecule has 6 nitrogen and oxygen atoms in total. The predicted octanol–water partition coefficient (Wildman–Crippen LogP) is 4.11. The first-order valence-electron chi connectivity index (χ1n) is 8.72. The molecule has 0 saturated heterocycles. The number of rotatable bonds is 8. The highest BCUT2D eigenvalue weighted by molar-refractivity contribution is 6.34.